The molecule has 3 heterocycles. The molecule has 1 aliphatic carbocycles. The number of anilines is 1. The second-order valence-electron chi connectivity index (χ2n) is 8.04. The third-order valence-corrected chi connectivity index (χ3v) is 6.98. The van der Waals surface area contributed by atoms with Crippen LogP contribution in [0.25, 0.3) is 10.2 Å². The van der Waals surface area contributed by atoms with Gasteiger partial charge in [-0.15, -0.1) is 11.3 Å². The maximum Gasteiger partial charge on any atom is 0.216 e. The number of hydrogen-bond acceptors (Lipinski definition) is 5. The molecule has 1 fully saturated rings. The van der Waals surface area contributed by atoms with E-state index < -0.39 is 0 Å². The lowest BCUT2D eigenvalue weighted by Gasteiger charge is -2.26. The van der Waals surface area contributed by atoms with Crippen LogP contribution < -0.4 is 15.5 Å². The zero-order valence-electron chi connectivity index (χ0n) is 16.4. The van der Waals surface area contributed by atoms with Crippen LogP contribution in [0.4, 0.5) is 5.82 Å². The minimum Gasteiger partial charge on any atom is -0.368 e. The van der Waals surface area contributed by atoms with E-state index in [0.29, 0.717) is 13.1 Å². The molecule has 2 aromatic heterocycles. The van der Waals surface area contributed by atoms with Crippen molar-refractivity contribution in [1.82, 2.24) is 15.3 Å². The monoisotopic (exact) mass is 388 g/mol. The molecule has 0 radical (unpaired) electrons. The van der Waals surface area contributed by atoms with Crippen LogP contribution in [-0.4, -0.2) is 42.1 Å². The van der Waals surface area contributed by atoms with Gasteiger partial charge in [-0.1, -0.05) is 6.92 Å². The average Bonchev–Trinajstić information content (AvgIpc) is 3.21. The summed E-state index contributed by atoms with van der Waals surface area (Å²) in [7, 11) is 0. The van der Waals surface area contributed by atoms with Crippen LogP contribution in [0.3, 0.4) is 0 Å². The molecule has 0 spiro atoms. The first-order valence-electron chi connectivity index (χ1n) is 10.2. The summed E-state index contributed by atoms with van der Waals surface area (Å²) in [6, 6.07) is 0. The second kappa shape index (κ2) is 8.10. The van der Waals surface area contributed by atoms with E-state index in [1.807, 2.05) is 11.3 Å². The number of nitrogens with zero attached hydrogens (tertiary/aromatic N) is 2. The number of carbonyl (C=O) groups is 1. The first kappa shape index (κ1) is 18.6. The van der Waals surface area contributed by atoms with Crippen molar-refractivity contribution < 1.29 is 9.69 Å². The highest BCUT2D eigenvalue weighted by Gasteiger charge is 2.24. The van der Waals surface area contributed by atoms with E-state index in [2.05, 4.69) is 17.6 Å². The van der Waals surface area contributed by atoms with Crippen LogP contribution in [0, 0.1) is 5.92 Å². The molecule has 1 aliphatic heterocycles. The highest BCUT2D eigenvalue weighted by Crippen LogP contribution is 2.39. The summed E-state index contributed by atoms with van der Waals surface area (Å²) in [5, 5.41) is 7.55. The van der Waals surface area contributed by atoms with Gasteiger partial charge in [-0.25, -0.2) is 9.97 Å². The van der Waals surface area contributed by atoms with E-state index in [4.69, 9.17) is 9.97 Å². The molecule has 0 bridgehead atoms. The molecule has 2 aromatic rings. The highest BCUT2D eigenvalue weighted by molar-refractivity contribution is 7.19. The Hall–Kier alpha value is -1.73. The van der Waals surface area contributed by atoms with Gasteiger partial charge in [0.25, 0.3) is 0 Å². The molecular weight excluding hydrogens is 358 g/mol. The fourth-order valence-electron chi connectivity index (χ4n) is 4.24. The van der Waals surface area contributed by atoms with Crippen molar-refractivity contribution in [2.45, 2.75) is 52.5 Å². The number of thiophene rings is 1. The molecule has 7 heteroatoms. The Morgan fingerprint density at radius 2 is 2.04 bits per heavy atom. The number of amides is 1. The lowest BCUT2D eigenvalue weighted by Crippen LogP contribution is -3.11. The van der Waals surface area contributed by atoms with Crippen molar-refractivity contribution in [1.29, 1.82) is 0 Å². The van der Waals surface area contributed by atoms with Crippen molar-refractivity contribution >= 4 is 33.3 Å². The summed E-state index contributed by atoms with van der Waals surface area (Å²) < 4.78 is 0. The van der Waals surface area contributed by atoms with Gasteiger partial charge in [0.05, 0.1) is 18.5 Å². The number of quaternary nitrogens is 1. The van der Waals surface area contributed by atoms with Gasteiger partial charge in [-0.3, -0.25) is 4.79 Å². The van der Waals surface area contributed by atoms with Gasteiger partial charge in [0, 0.05) is 24.9 Å². The lowest BCUT2D eigenvalue weighted by molar-refractivity contribution is -0.920. The van der Waals surface area contributed by atoms with Gasteiger partial charge >= 0.3 is 0 Å². The number of aromatic nitrogens is 2. The Kier molecular flexibility index (Phi) is 5.59. The molecule has 2 aliphatic rings. The standard InChI is InChI=1S/C20H29N5OS/c1-13-6-10-25(11-7-13)12-17-23-19(22-9-8-21-14(2)26)18-15-4-3-5-16(15)27-20(18)24-17/h13H,3-12H2,1-2H3,(H,21,26)(H,22,23,24)/p+1. The van der Waals surface area contributed by atoms with Gasteiger partial charge in [0.1, 0.15) is 17.2 Å². The van der Waals surface area contributed by atoms with Crippen LogP contribution in [0.2, 0.25) is 0 Å². The Morgan fingerprint density at radius 3 is 2.81 bits per heavy atom. The summed E-state index contributed by atoms with van der Waals surface area (Å²) in [4.78, 5) is 25.2. The van der Waals surface area contributed by atoms with Crippen molar-refractivity contribution in [3.05, 3.63) is 16.3 Å². The fraction of sp³-hybridized carbons (Fsp3) is 0.650. The summed E-state index contributed by atoms with van der Waals surface area (Å²) in [5.74, 6) is 2.77. The maximum absolute atomic E-state index is 11.1. The smallest absolute Gasteiger partial charge is 0.216 e. The Balaban J connectivity index is 1.56. The topological polar surface area (TPSA) is 71.3 Å². The summed E-state index contributed by atoms with van der Waals surface area (Å²) in [6.07, 6.45) is 6.14. The summed E-state index contributed by atoms with van der Waals surface area (Å²) in [5.41, 5.74) is 1.45. The first-order valence-corrected chi connectivity index (χ1v) is 11.0. The van der Waals surface area contributed by atoms with E-state index in [1.54, 1.807) is 11.8 Å². The Labute approximate surface area is 164 Å². The van der Waals surface area contributed by atoms with Gasteiger partial charge in [0.15, 0.2) is 5.82 Å². The Morgan fingerprint density at radius 1 is 1.22 bits per heavy atom. The number of fused-ring (bicyclic) bond motifs is 3. The number of aryl methyl sites for hydroxylation is 2. The van der Waals surface area contributed by atoms with Crippen LogP contribution >= 0.6 is 11.3 Å². The van der Waals surface area contributed by atoms with Crippen molar-refractivity contribution in [2.75, 3.05) is 31.5 Å². The minimum atomic E-state index is 0.00433. The van der Waals surface area contributed by atoms with E-state index in [0.717, 1.165) is 35.4 Å². The van der Waals surface area contributed by atoms with Crippen LogP contribution in [0.15, 0.2) is 0 Å². The zero-order chi connectivity index (χ0) is 18.8. The maximum atomic E-state index is 11.1. The number of nitrogens with one attached hydrogen (secondary N) is 3. The molecule has 6 nitrogen and oxygen atoms in total. The molecule has 3 N–H and O–H groups in total. The number of rotatable bonds is 6. The quantitative estimate of drug-likeness (QED) is 0.657. The van der Waals surface area contributed by atoms with Gasteiger partial charge in [-0.2, -0.15) is 0 Å². The SMILES string of the molecule is CC(=O)NCCNc1nc(C[NH+]2CCC(C)CC2)nc2sc3c(c12)CCC3. The van der Waals surface area contributed by atoms with Crippen LogP contribution in [0.1, 0.15) is 49.4 Å². The van der Waals surface area contributed by atoms with Crippen LogP contribution in [0.5, 0.6) is 0 Å². The normalized spacial score (nSPS) is 22.0. The highest BCUT2D eigenvalue weighted by atomic mass is 32.1. The number of likely N-dealkylation sites (tertiary alicyclic amines) is 1. The summed E-state index contributed by atoms with van der Waals surface area (Å²) in [6.45, 7) is 8.54. The van der Waals surface area contributed by atoms with Gasteiger partial charge in [-0.05, 0) is 43.6 Å². The largest absolute Gasteiger partial charge is 0.368 e. The number of hydrogen-bond donors (Lipinski definition) is 3. The molecule has 27 heavy (non-hydrogen) atoms. The van der Waals surface area contributed by atoms with E-state index in [-0.39, 0.29) is 5.91 Å². The summed E-state index contributed by atoms with van der Waals surface area (Å²) >= 11 is 1.85. The van der Waals surface area contributed by atoms with Gasteiger partial charge < -0.3 is 15.5 Å². The van der Waals surface area contributed by atoms with Crippen molar-refractivity contribution in [2.24, 2.45) is 5.92 Å². The molecule has 0 saturated carbocycles. The third kappa shape index (κ3) is 4.24. The van der Waals surface area contributed by atoms with E-state index in [9.17, 15) is 4.79 Å². The lowest BCUT2D eigenvalue weighted by atomic mass is 9.99. The molecular formula is C20H30N5OS+. The Bertz CT molecular complexity index is 825. The number of piperidine rings is 1. The van der Waals surface area contributed by atoms with Crippen LogP contribution in [-0.2, 0) is 24.2 Å². The van der Waals surface area contributed by atoms with Crippen molar-refractivity contribution in [3.8, 4) is 0 Å². The molecule has 0 aromatic carbocycles. The fourth-order valence-corrected chi connectivity index (χ4v) is 5.52. The molecule has 1 amide bonds. The number of carbonyl (C=O) groups excluding carboxylic acids is 1. The average molecular weight is 389 g/mol. The molecule has 4 rings (SSSR count). The van der Waals surface area contributed by atoms with Crippen molar-refractivity contribution in [3.63, 3.8) is 0 Å². The van der Waals surface area contributed by atoms with E-state index >= 15 is 0 Å². The molecule has 0 unspecified atom stereocenters. The predicted octanol–water partition coefficient (Wildman–Crippen LogP) is 1.54. The second-order valence-corrected chi connectivity index (χ2v) is 9.13. The molecule has 146 valence electrons. The zero-order valence-corrected chi connectivity index (χ0v) is 17.2. The first-order chi connectivity index (χ1) is 13.1. The third-order valence-electron chi connectivity index (χ3n) is 5.79. The molecule has 0 atom stereocenters. The predicted molar refractivity (Wildman–Crippen MR) is 109 cm³/mol. The molecule has 1 saturated heterocycles. The van der Waals surface area contributed by atoms with E-state index in [1.165, 1.54) is 54.6 Å². The van der Waals surface area contributed by atoms with Gasteiger partial charge in [0.2, 0.25) is 5.91 Å². The minimum absolute atomic E-state index is 0.00433.